The molecule has 2 N–H and O–H groups in total. The number of nitrogens with two attached hydrogens (primary N) is 1. The number of aryl methyl sites for hydroxylation is 1. The first-order chi connectivity index (χ1) is 18.3. The van der Waals surface area contributed by atoms with Gasteiger partial charge in [0.25, 0.3) is 0 Å². The topological polar surface area (TPSA) is 148 Å². The van der Waals surface area contributed by atoms with Crippen molar-refractivity contribution in [3.8, 4) is 38.8 Å². The monoisotopic (exact) mass is 548 g/mol. The molecular weight excluding hydrogens is 524 g/mol. The summed E-state index contributed by atoms with van der Waals surface area (Å²) < 4.78 is 36.2. The van der Waals surface area contributed by atoms with Crippen molar-refractivity contribution in [2.45, 2.75) is 12.8 Å². The Labute approximate surface area is 226 Å². The Kier molecular flexibility index (Phi) is 9.27. The first kappa shape index (κ1) is 27.5. The van der Waals surface area contributed by atoms with Crippen molar-refractivity contribution in [3.63, 3.8) is 0 Å². The van der Waals surface area contributed by atoms with Gasteiger partial charge in [0, 0.05) is 17.5 Å². The predicted octanol–water partition coefficient (Wildman–Crippen LogP) is 0.951. The number of hydrogen-bond donors (Lipinski definition) is 1. The van der Waals surface area contributed by atoms with E-state index in [0.717, 1.165) is 51.1 Å². The van der Waals surface area contributed by atoms with E-state index < -0.39 is 10.2 Å². The SMILES string of the molecule is NCCCc1nnc(-[n+]2c(-c3ccccc3)cc(-c3ccccc3)cc2-c2ccccc2)s1.[O-][Cl+3]([O-])([O-])[O-]. The van der Waals surface area contributed by atoms with Gasteiger partial charge < -0.3 is 5.73 Å². The summed E-state index contributed by atoms with van der Waals surface area (Å²) in [5, 5.41) is 10.9. The number of pyridine rings is 1. The molecule has 0 radical (unpaired) electrons. The summed E-state index contributed by atoms with van der Waals surface area (Å²) in [6.07, 6.45) is 1.75. The molecule has 0 aliphatic carbocycles. The maximum atomic E-state index is 8.49. The third-order valence-corrected chi connectivity index (χ3v) is 6.52. The van der Waals surface area contributed by atoms with Gasteiger partial charge >= 0.3 is 5.13 Å². The molecule has 0 saturated carbocycles. The average Bonchev–Trinajstić information content (AvgIpc) is 3.40. The highest BCUT2D eigenvalue weighted by Crippen LogP contribution is 2.31. The van der Waals surface area contributed by atoms with Gasteiger partial charge in [0.1, 0.15) is 16.4 Å². The minimum absolute atomic E-state index is 0.651. The van der Waals surface area contributed by atoms with Crippen LogP contribution in [0.2, 0.25) is 0 Å². The number of rotatable bonds is 7. The summed E-state index contributed by atoms with van der Waals surface area (Å²) in [5.41, 5.74) is 12.5. The second kappa shape index (κ2) is 12.8. The van der Waals surface area contributed by atoms with E-state index in [-0.39, 0.29) is 0 Å². The van der Waals surface area contributed by atoms with Gasteiger partial charge in [0.15, 0.2) is 0 Å². The van der Waals surface area contributed by atoms with E-state index in [0.29, 0.717) is 6.54 Å². The fourth-order valence-corrected chi connectivity index (χ4v) is 4.84. The van der Waals surface area contributed by atoms with Crippen LogP contribution in [-0.2, 0) is 6.42 Å². The molecule has 0 unspecified atom stereocenters. The zero-order valence-corrected chi connectivity index (χ0v) is 21.8. The Hall–Kier alpha value is -3.54. The Morgan fingerprint density at radius 3 is 1.55 bits per heavy atom. The Morgan fingerprint density at radius 1 is 0.658 bits per heavy atom. The summed E-state index contributed by atoms with van der Waals surface area (Å²) in [6.45, 7) is 0.651. The van der Waals surface area contributed by atoms with Gasteiger partial charge in [0.05, 0.1) is 5.10 Å². The standard InChI is InChI=1S/C28H25N4S.ClHO4/c29-18-10-17-27-30-31-28(33-27)32-25(22-13-6-2-7-14-22)19-24(21-11-4-1-5-12-21)20-26(32)23-15-8-3-9-16-23;2-1(3,4)5/h1-9,11-16,19-20H,10,17-18,29H2;(H,2,3,4,5)/q+1;/p-1. The molecule has 10 heteroatoms. The summed E-state index contributed by atoms with van der Waals surface area (Å²) in [5.74, 6) is 0. The van der Waals surface area contributed by atoms with Crippen LogP contribution in [0.4, 0.5) is 0 Å². The molecule has 0 amide bonds. The lowest BCUT2D eigenvalue weighted by molar-refractivity contribution is -2.00. The maximum absolute atomic E-state index is 8.49. The van der Waals surface area contributed by atoms with E-state index in [1.807, 2.05) is 18.2 Å². The van der Waals surface area contributed by atoms with Crippen molar-refractivity contribution in [1.82, 2.24) is 10.2 Å². The van der Waals surface area contributed by atoms with Crippen molar-refractivity contribution in [2.24, 2.45) is 5.73 Å². The fourth-order valence-electron chi connectivity index (χ4n) is 3.93. The van der Waals surface area contributed by atoms with Crippen LogP contribution in [0.25, 0.3) is 38.8 Å². The smallest absolute Gasteiger partial charge is 0.330 e. The van der Waals surface area contributed by atoms with Crippen molar-refractivity contribution in [3.05, 3.63) is 108 Å². The first-order valence-corrected chi connectivity index (χ1v) is 13.8. The van der Waals surface area contributed by atoms with E-state index in [2.05, 4.69) is 99.7 Å². The average molecular weight is 549 g/mol. The molecule has 2 aromatic heterocycles. The van der Waals surface area contributed by atoms with E-state index in [1.165, 1.54) is 5.56 Å². The summed E-state index contributed by atoms with van der Waals surface area (Å²) in [4.78, 5) is 0. The second-order valence-electron chi connectivity index (χ2n) is 8.20. The lowest BCUT2D eigenvalue weighted by Crippen LogP contribution is -2.68. The van der Waals surface area contributed by atoms with Crippen LogP contribution in [0, 0.1) is 10.2 Å². The Morgan fingerprint density at radius 2 is 1.11 bits per heavy atom. The fraction of sp³-hybridized carbons (Fsp3) is 0.107. The van der Waals surface area contributed by atoms with Crippen LogP contribution in [0.1, 0.15) is 11.4 Å². The molecule has 2 heterocycles. The van der Waals surface area contributed by atoms with Gasteiger partial charge in [-0.05, 0) is 52.7 Å². The van der Waals surface area contributed by atoms with Gasteiger partial charge in [-0.15, -0.1) is 10.2 Å². The third kappa shape index (κ3) is 7.50. The molecule has 8 nitrogen and oxygen atoms in total. The van der Waals surface area contributed by atoms with Crippen LogP contribution in [0.3, 0.4) is 0 Å². The molecule has 3 aromatic carbocycles. The molecule has 0 aliphatic heterocycles. The summed E-state index contributed by atoms with van der Waals surface area (Å²) in [7, 11) is -4.94. The van der Waals surface area contributed by atoms with Gasteiger partial charge in [-0.25, -0.2) is 18.6 Å². The van der Waals surface area contributed by atoms with Crippen molar-refractivity contribution >= 4 is 11.3 Å². The van der Waals surface area contributed by atoms with Crippen LogP contribution < -0.4 is 28.9 Å². The summed E-state index contributed by atoms with van der Waals surface area (Å²) in [6, 6.07) is 36.0. The molecule has 0 saturated heterocycles. The quantitative estimate of drug-likeness (QED) is 0.298. The molecule has 5 rings (SSSR count). The number of nitrogens with zero attached hydrogens (tertiary/aromatic N) is 3. The number of benzene rings is 3. The molecule has 0 atom stereocenters. The molecule has 5 aromatic rings. The minimum Gasteiger partial charge on any atom is -0.330 e. The van der Waals surface area contributed by atoms with Crippen LogP contribution in [-0.4, -0.2) is 16.7 Å². The van der Waals surface area contributed by atoms with Crippen LogP contribution >= 0.6 is 11.3 Å². The molecule has 0 spiro atoms. The van der Waals surface area contributed by atoms with Gasteiger partial charge in [-0.3, -0.25) is 0 Å². The lowest BCUT2D eigenvalue weighted by atomic mass is 9.99. The second-order valence-corrected chi connectivity index (χ2v) is 9.99. The predicted molar refractivity (Wildman–Crippen MR) is 135 cm³/mol. The van der Waals surface area contributed by atoms with E-state index >= 15 is 0 Å². The first-order valence-electron chi connectivity index (χ1n) is 11.7. The van der Waals surface area contributed by atoms with E-state index in [9.17, 15) is 0 Å². The van der Waals surface area contributed by atoms with Gasteiger partial charge in [-0.1, -0.05) is 91.0 Å². The van der Waals surface area contributed by atoms with Crippen molar-refractivity contribution < 1.29 is 33.4 Å². The summed E-state index contributed by atoms with van der Waals surface area (Å²) >= 11 is 1.63. The zero-order chi connectivity index (χ0) is 27.0. The van der Waals surface area contributed by atoms with E-state index in [4.69, 9.17) is 24.4 Å². The molecule has 0 fully saturated rings. The maximum Gasteiger partial charge on any atom is 0.415 e. The van der Waals surface area contributed by atoms with Crippen LogP contribution in [0.15, 0.2) is 103 Å². The number of halogens is 1. The molecule has 194 valence electrons. The van der Waals surface area contributed by atoms with Crippen LogP contribution in [0.5, 0.6) is 0 Å². The molecular formula is C28H25ClN4O4S. The van der Waals surface area contributed by atoms with E-state index in [1.54, 1.807) is 11.3 Å². The third-order valence-electron chi connectivity index (χ3n) is 5.55. The van der Waals surface area contributed by atoms with Gasteiger partial charge in [0.2, 0.25) is 0 Å². The highest BCUT2D eigenvalue weighted by Gasteiger charge is 2.26. The normalized spacial score (nSPS) is 11.1. The minimum atomic E-state index is -4.94. The number of aromatic nitrogens is 3. The van der Waals surface area contributed by atoms with Crippen molar-refractivity contribution in [1.29, 1.82) is 0 Å². The molecule has 38 heavy (non-hydrogen) atoms. The van der Waals surface area contributed by atoms with Crippen molar-refractivity contribution in [2.75, 3.05) is 6.54 Å². The largest absolute Gasteiger partial charge is 0.415 e. The number of hydrogen-bond acceptors (Lipinski definition) is 8. The molecule has 0 aliphatic rings. The molecule has 0 bridgehead atoms. The lowest BCUT2D eigenvalue weighted by Gasteiger charge is -2.17. The van der Waals surface area contributed by atoms with Gasteiger partial charge in [-0.2, -0.15) is 4.57 Å². The highest BCUT2D eigenvalue weighted by molar-refractivity contribution is 7.13. The Balaban J connectivity index is 0.000000617. The Bertz CT molecular complexity index is 1380. The zero-order valence-electron chi connectivity index (χ0n) is 20.3. The highest BCUT2D eigenvalue weighted by atomic mass is 35.7.